The highest BCUT2D eigenvalue weighted by Gasteiger charge is 2.49. The van der Waals surface area contributed by atoms with Gasteiger partial charge in [0, 0.05) is 6.04 Å². The van der Waals surface area contributed by atoms with Crippen LogP contribution in [-0.4, -0.2) is 18.6 Å². The van der Waals surface area contributed by atoms with Crippen molar-refractivity contribution in [2.24, 2.45) is 29.4 Å². The molecule has 0 aromatic carbocycles. The van der Waals surface area contributed by atoms with Crippen molar-refractivity contribution in [1.82, 2.24) is 0 Å². The first-order chi connectivity index (χ1) is 7.09. The molecule has 0 saturated heterocycles. The Balaban J connectivity index is 1.90. The minimum atomic E-state index is -0.0524. The van der Waals surface area contributed by atoms with Gasteiger partial charge >= 0.3 is 5.97 Å². The lowest BCUT2D eigenvalue weighted by Gasteiger charge is -2.26. The summed E-state index contributed by atoms with van der Waals surface area (Å²) in [5.41, 5.74) is 6.07. The smallest absolute Gasteiger partial charge is 0.310 e. The molecule has 2 aliphatic carbocycles. The average Bonchev–Trinajstić information content (AvgIpc) is 2.74. The maximum atomic E-state index is 11.8. The number of carbonyl (C=O) groups is 1. The minimum Gasteiger partial charge on any atom is -0.465 e. The first-order valence-electron chi connectivity index (χ1n) is 6.01. The Labute approximate surface area is 91.4 Å². The van der Waals surface area contributed by atoms with Gasteiger partial charge in [-0.05, 0) is 37.0 Å². The lowest BCUT2D eigenvalue weighted by Crippen LogP contribution is -2.41. The zero-order valence-corrected chi connectivity index (χ0v) is 9.61. The van der Waals surface area contributed by atoms with Crippen LogP contribution in [0.5, 0.6) is 0 Å². The fourth-order valence-electron chi connectivity index (χ4n) is 3.03. The molecule has 4 unspecified atom stereocenters. The van der Waals surface area contributed by atoms with Gasteiger partial charge in [0.05, 0.1) is 12.5 Å². The predicted molar refractivity (Wildman–Crippen MR) is 58.1 cm³/mol. The highest BCUT2D eigenvalue weighted by molar-refractivity contribution is 5.74. The summed E-state index contributed by atoms with van der Waals surface area (Å²) >= 11 is 0. The summed E-state index contributed by atoms with van der Waals surface area (Å²) in [5, 5.41) is 0. The van der Waals surface area contributed by atoms with E-state index in [1.807, 2.05) is 13.8 Å². The number of esters is 1. The van der Waals surface area contributed by atoms with E-state index in [-0.39, 0.29) is 17.9 Å². The van der Waals surface area contributed by atoms with E-state index in [2.05, 4.69) is 0 Å². The molecular weight excluding hydrogens is 190 g/mol. The zero-order valence-electron chi connectivity index (χ0n) is 9.61. The van der Waals surface area contributed by atoms with E-state index in [0.29, 0.717) is 24.4 Å². The molecule has 2 rings (SSSR count). The Bertz CT molecular complexity index is 250. The second-order valence-corrected chi connectivity index (χ2v) is 5.46. The summed E-state index contributed by atoms with van der Waals surface area (Å²) in [6.45, 7) is 4.63. The lowest BCUT2D eigenvalue weighted by atomic mass is 9.85. The Morgan fingerprint density at radius 1 is 1.40 bits per heavy atom. The summed E-state index contributed by atoms with van der Waals surface area (Å²) < 4.78 is 5.29. The molecule has 0 spiro atoms. The van der Waals surface area contributed by atoms with Crippen molar-refractivity contribution in [1.29, 1.82) is 0 Å². The molecule has 15 heavy (non-hydrogen) atoms. The standard InChI is InChI=1S/C12H21NO2/c1-7(2)6-15-12(14)10-8-3-4-9(5-8)11(10)13/h7-11H,3-6,13H2,1-2H3. The molecule has 2 N–H and O–H groups in total. The van der Waals surface area contributed by atoms with Crippen LogP contribution in [0.4, 0.5) is 0 Å². The molecule has 0 aliphatic heterocycles. The molecule has 2 saturated carbocycles. The molecule has 86 valence electrons. The number of hydrogen-bond donors (Lipinski definition) is 1. The summed E-state index contributed by atoms with van der Waals surface area (Å²) in [4.78, 5) is 11.8. The Morgan fingerprint density at radius 2 is 2.07 bits per heavy atom. The zero-order chi connectivity index (χ0) is 11.0. The Morgan fingerprint density at radius 3 is 2.60 bits per heavy atom. The fourth-order valence-corrected chi connectivity index (χ4v) is 3.03. The lowest BCUT2D eigenvalue weighted by molar-refractivity contribution is -0.152. The molecule has 0 amide bonds. The van der Waals surface area contributed by atoms with Crippen LogP contribution in [0, 0.1) is 23.7 Å². The van der Waals surface area contributed by atoms with Crippen molar-refractivity contribution >= 4 is 5.97 Å². The molecule has 3 heteroatoms. The SMILES string of the molecule is CC(C)COC(=O)C1C2CCC(C2)C1N. The highest BCUT2D eigenvalue weighted by Crippen LogP contribution is 2.47. The predicted octanol–water partition coefficient (Wildman–Crippen LogP) is 1.56. The minimum absolute atomic E-state index is 0.0116. The van der Waals surface area contributed by atoms with Gasteiger partial charge in [0.15, 0.2) is 0 Å². The number of carbonyl (C=O) groups excluding carboxylic acids is 1. The largest absolute Gasteiger partial charge is 0.465 e. The van der Waals surface area contributed by atoms with E-state index < -0.39 is 0 Å². The molecule has 2 aliphatic rings. The van der Waals surface area contributed by atoms with E-state index in [1.165, 1.54) is 12.8 Å². The topological polar surface area (TPSA) is 52.3 Å². The van der Waals surface area contributed by atoms with Crippen molar-refractivity contribution in [3.63, 3.8) is 0 Å². The van der Waals surface area contributed by atoms with Crippen molar-refractivity contribution in [3.05, 3.63) is 0 Å². The molecule has 2 fully saturated rings. The van der Waals surface area contributed by atoms with Crippen LogP contribution in [-0.2, 0) is 9.53 Å². The third-order valence-electron chi connectivity index (χ3n) is 3.81. The number of hydrogen-bond acceptors (Lipinski definition) is 3. The number of ether oxygens (including phenoxy) is 1. The molecule has 4 atom stereocenters. The van der Waals surface area contributed by atoms with Crippen LogP contribution < -0.4 is 5.73 Å². The Hall–Kier alpha value is -0.570. The second kappa shape index (κ2) is 4.12. The first-order valence-corrected chi connectivity index (χ1v) is 6.01. The second-order valence-electron chi connectivity index (χ2n) is 5.46. The average molecular weight is 211 g/mol. The van der Waals surface area contributed by atoms with Crippen LogP contribution in [0.1, 0.15) is 33.1 Å². The van der Waals surface area contributed by atoms with Gasteiger partial charge in [0.1, 0.15) is 0 Å². The number of rotatable bonds is 3. The number of fused-ring (bicyclic) bond motifs is 2. The molecular formula is C12H21NO2. The maximum absolute atomic E-state index is 11.8. The van der Waals surface area contributed by atoms with E-state index in [4.69, 9.17) is 10.5 Å². The van der Waals surface area contributed by atoms with Crippen LogP contribution in [0.2, 0.25) is 0 Å². The van der Waals surface area contributed by atoms with Gasteiger partial charge in [0.25, 0.3) is 0 Å². The highest BCUT2D eigenvalue weighted by atomic mass is 16.5. The fraction of sp³-hybridized carbons (Fsp3) is 0.917. The van der Waals surface area contributed by atoms with Crippen molar-refractivity contribution in [2.45, 2.75) is 39.2 Å². The van der Waals surface area contributed by atoms with Gasteiger partial charge in [-0.15, -0.1) is 0 Å². The van der Waals surface area contributed by atoms with Gasteiger partial charge in [0.2, 0.25) is 0 Å². The summed E-state index contributed by atoms with van der Waals surface area (Å²) in [7, 11) is 0. The monoisotopic (exact) mass is 211 g/mol. The molecule has 0 radical (unpaired) electrons. The van der Waals surface area contributed by atoms with E-state index >= 15 is 0 Å². The van der Waals surface area contributed by atoms with Crippen molar-refractivity contribution < 1.29 is 9.53 Å². The summed E-state index contributed by atoms with van der Waals surface area (Å²) in [5.74, 6) is 1.42. The first kappa shape index (κ1) is 10.9. The quantitative estimate of drug-likeness (QED) is 0.721. The van der Waals surface area contributed by atoms with Crippen LogP contribution >= 0.6 is 0 Å². The molecule has 0 heterocycles. The Kier molecular flexibility index (Phi) is 3.01. The van der Waals surface area contributed by atoms with E-state index in [9.17, 15) is 4.79 Å². The van der Waals surface area contributed by atoms with Crippen molar-refractivity contribution in [2.75, 3.05) is 6.61 Å². The number of nitrogens with two attached hydrogens (primary N) is 1. The molecule has 3 nitrogen and oxygen atoms in total. The van der Waals surface area contributed by atoms with Crippen molar-refractivity contribution in [3.8, 4) is 0 Å². The van der Waals surface area contributed by atoms with E-state index in [0.717, 1.165) is 6.42 Å². The normalized spacial score (nSPS) is 38.7. The van der Waals surface area contributed by atoms with Crippen LogP contribution in [0.3, 0.4) is 0 Å². The maximum Gasteiger partial charge on any atom is 0.310 e. The summed E-state index contributed by atoms with van der Waals surface area (Å²) in [6.07, 6.45) is 3.52. The van der Waals surface area contributed by atoms with E-state index in [1.54, 1.807) is 0 Å². The molecule has 2 bridgehead atoms. The van der Waals surface area contributed by atoms with Gasteiger partial charge in [-0.1, -0.05) is 13.8 Å². The third kappa shape index (κ3) is 2.03. The summed E-state index contributed by atoms with van der Waals surface area (Å²) in [6, 6.07) is 0.0587. The molecule has 0 aromatic rings. The third-order valence-corrected chi connectivity index (χ3v) is 3.81. The van der Waals surface area contributed by atoms with Crippen LogP contribution in [0.15, 0.2) is 0 Å². The van der Waals surface area contributed by atoms with Gasteiger partial charge in [-0.2, -0.15) is 0 Å². The van der Waals surface area contributed by atoms with Crippen LogP contribution in [0.25, 0.3) is 0 Å². The van der Waals surface area contributed by atoms with Gasteiger partial charge < -0.3 is 10.5 Å². The van der Waals surface area contributed by atoms with Gasteiger partial charge in [-0.25, -0.2) is 0 Å². The molecule has 0 aromatic heterocycles. The van der Waals surface area contributed by atoms with Gasteiger partial charge in [-0.3, -0.25) is 4.79 Å².